The number of ether oxygens (including phenoxy) is 1. The van der Waals surface area contributed by atoms with Gasteiger partial charge >= 0.3 is 5.69 Å². The molecule has 2 amide bonds. The zero-order valence-electron chi connectivity index (χ0n) is 22.2. The average Bonchev–Trinajstić information content (AvgIpc) is 2.95. The minimum absolute atomic E-state index is 0.196. The molecule has 1 aromatic heterocycles. The summed E-state index contributed by atoms with van der Waals surface area (Å²) in [6.45, 7) is 0.949. The van der Waals surface area contributed by atoms with Crippen molar-refractivity contribution < 1.29 is 14.3 Å². The monoisotopic (exact) mass is 560 g/mol. The van der Waals surface area contributed by atoms with Gasteiger partial charge in [0.1, 0.15) is 18.8 Å². The molecular weight excluding hydrogens is 532 g/mol. The van der Waals surface area contributed by atoms with Gasteiger partial charge in [0.05, 0.1) is 29.7 Å². The minimum atomic E-state index is -0.757. The number of nitrogens with one attached hydrogen (secondary N) is 2. The summed E-state index contributed by atoms with van der Waals surface area (Å²) in [6, 6.07) is 17.5. The fourth-order valence-corrected chi connectivity index (χ4v) is 5.37. The lowest BCUT2D eigenvalue weighted by Gasteiger charge is -2.26. The number of fused-ring (bicyclic) bond motifs is 2. The number of hydrogen-bond acceptors (Lipinski definition) is 5. The van der Waals surface area contributed by atoms with Gasteiger partial charge in [0.15, 0.2) is 0 Å². The van der Waals surface area contributed by atoms with Crippen LogP contribution in [0.4, 0.5) is 5.69 Å². The first-order valence-electron chi connectivity index (χ1n) is 13.0. The van der Waals surface area contributed by atoms with Gasteiger partial charge in [-0.3, -0.25) is 23.5 Å². The second-order valence-corrected chi connectivity index (χ2v) is 10.2. The Morgan fingerprint density at radius 2 is 1.73 bits per heavy atom. The summed E-state index contributed by atoms with van der Waals surface area (Å²) in [5.41, 5.74) is 2.30. The van der Waals surface area contributed by atoms with Crippen molar-refractivity contribution >= 4 is 40.0 Å². The van der Waals surface area contributed by atoms with E-state index in [1.54, 1.807) is 36.4 Å². The van der Waals surface area contributed by atoms with Crippen LogP contribution in [-0.4, -0.2) is 28.1 Å². The molecular formula is C30H29ClN4O5. The molecule has 0 spiro atoms. The van der Waals surface area contributed by atoms with E-state index in [0.29, 0.717) is 22.0 Å². The summed E-state index contributed by atoms with van der Waals surface area (Å²) >= 11 is 6.24. The lowest BCUT2D eigenvalue weighted by molar-refractivity contribution is -0.122. The van der Waals surface area contributed by atoms with E-state index in [-0.39, 0.29) is 11.4 Å². The van der Waals surface area contributed by atoms with Crippen LogP contribution in [0.25, 0.3) is 10.9 Å². The highest BCUT2D eigenvalue weighted by Crippen LogP contribution is 2.31. The van der Waals surface area contributed by atoms with Crippen molar-refractivity contribution in [1.29, 1.82) is 0 Å². The Bertz CT molecular complexity index is 1740. The van der Waals surface area contributed by atoms with E-state index >= 15 is 0 Å². The van der Waals surface area contributed by atoms with E-state index in [0.717, 1.165) is 35.0 Å². The Morgan fingerprint density at radius 1 is 1.00 bits per heavy atom. The van der Waals surface area contributed by atoms with Gasteiger partial charge in [-0.05, 0) is 67.1 Å². The fraction of sp³-hybridized carbons (Fsp3) is 0.267. The van der Waals surface area contributed by atoms with Crippen molar-refractivity contribution in [2.45, 2.75) is 45.3 Å². The van der Waals surface area contributed by atoms with E-state index < -0.39 is 36.2 Å². The number of carbonyl (C=O) groups is 2. The Hall–Kier alpha value is -4.37. The third-order valence-corrected chi connectivity index (χ3v) is 7.60. The van der Waals surface area contributed by atoms with Gasteiger partial charge in [0.2, 0.25) is 11.8 Å². The molecule has 1 heterocycles. The van der Waals surface area contributed by atoms with E-state index in [1.165, 1.54) is 17.2 Å². The van der Waals surface area contributed by atoms with Crippen molar-refractivity contribution in [3.05, 3.63) is 103 Å². The molecule has 10 heteroatoms. The molecule has 1 unspecified atom stereocenters. The zero-order chi connectivity index (χ0) is 28.4. The molecule has 0 saturated heterocycles. The van der Waals surface area contributed by atoms with Crippen molar-refractivity contribution in [1.82, 2.24) is 14.5 Å². The molecule has 0 saturated carbocycles. The highest BCUT2D eigenvalue weighted by molar-refractivity contribution is 6.31. The quantitative estimate of drug-likeness (QED) is 0.355. The lowest BCUT2D eigenvalue weighted by atomic mass is 9.88. The van der Waals surface area contributed by atoms with Gasteiger partial charge in [-0.15, -0.1) is 0 Å². The molecule has 206 valence electrons. The summed E-state index contributed by atoms with van der Waals surface area (Å²) in [5.74, 6) is -0.566. The summed E-state index contributed by atoms with van der Waals surface area (Å²) in [6.07, 6.45) is 2.64. The average molecular weight is 561 g/mol. The van der Waals surface area contributed by atoms with Crippen LogP contribution in [0.15, 0.2) is 70.3 Å². The number of carbonyl (C=O) groups excluding carboxylic acids is 2. The molecule has 4 aromatic rings. The molecule has 9 nitrogen and oxygen atoms in total. The summed E-state index contributed by atoms with van der Waals surface area (Å²) in [7, 11) is 1.48. The van der Waals surface area contributed by atoms with Crippen molar-refractivity contribution in [2.24, 2.45) is 0 Å². The first-order valence-corrected chi connectivity index (χ1v) is 13.4. The van der Waals surface area contributed by atoms with Crippen LogP contribution in [0.3, 0.4) is 0 Å². The molecule has 1 atom stereocenters. The second kappa shape index (κ2) is 11.4. The number of halogens is 1. The minimum Gasteiger partial charge on any atom is -0.495 e. The predicted molar refractivity (Wildman–Crippen MR) is 154 cm³/mol. The molecule has 2 N–H and O–H groups in total. The van der Waals surface area contributed by atoms with E-state index in [4.69, 9.17) is 16.3 Å². The molecule has 0 bridgehead atoms. The molecule has 0 fully saturated rings. The highest BCUT2D eigenvalue weighted by Gasteiger charge is 2.23. The number of para-hydroxylation sites is 1. The maximum Gasteiger partial charge on any atom is 0.332 e. The number of aromatic nitrogens is 2. The normalized spacial score (nSPS) is 14.4. The number of hydrogen-bond donors (Lipinski definition) is 2. The summed E-state index contributed by atoms with van der Waals surface area (Å²) in [5, 5.41) is 6.39. The SMILES string of the molecule is COc1cc(C)c(Cl)cc1NC(=O)Cn1c(=O)n(CC(=O)NC2CCCc3ccccc32)c(=O)c2ccccc21. The Balaban J connectivity index is 1.44. The van der Waals surface area contributed by atoms with Crippen LogP contribution in [0.2, 0.25) is 5.02 Å². The topological polar surface area (TPSA) is 111 Å². The van der Waals surface area contributed by atoms with Crippen LogP contribution < -0.4 is 26.6 Å². The summed E-state index contributed by atoms with van der Waals surface area (Å²) in [4.78, 5) is 53.1. The Kier molecular flexibility index (Phi) is 7.75. The van der Waals surface area contributed by atoms with Crippen LogP contribution >= 0.6 is 11.6 Å². The second-order valence-electron chi connectivity index (χ2n) is 9.84. The summed E-state index contributed by atoms with van der Waals surface area (Å²) < 4.78 is 7.43. The van der Waals surface area contributed by atoms with Crippen molar-refractivity contribution in [3.63, 3.8) is 0 Å². The van der Waals surface area contributed by atoms with Crippen molar-refractivity contribution in [2.75, 3.05) is 12.4 Å². The molecule has 5 rings (SSSR count). The third kappa shape index (κ3) is 5.37. The number of methoxy groups -OCH3 is 1. The van der Waals surface area contributed by atoms with E-state index in [2.05, 4.69) is 10.6 Å². The smallest absolute Gasteiger partial charge is 0.332 e. The largest absolute Gasteiger partial charge is 0.495 e. The zero-order valence-corrected chi connectivity index (χ0v) is 23.0. The van der Waals surface area contributed by atoms with Gasteiger partial charge in [0.25, 0.3) is 5.56 Å². The van der Waals surface area contributed by atoms with Gasteiger partial charge in [-0.2, -0.15) is 0 Å². The molecule has 1 aliphatic rings. The van der Waals surface area contributed by atoms with Crippen LogP contribution in [0.5, 0.6) is 5.75 Å². The van der Waals surface area contributed by atoms with Crippen LogP contribution in [0, 0.1) is 6.92 Å². The van der Waals surface area contributed by atoms with Gasteiger partial charge in [-0.1, -0.05) is 48.0 Å². The highest BCUT2D eigenvalue weighted by atomic mass is 35.5. The van der Waals surface area contributed by atoms with Crippen LogP contribution in [0.1, 0.15) is 35.6 Å². The lowest BCUT2D eigenvalue weighted by Crippen LogP contribution is -2.45. The fourth-order valence-electron chi connectivity index (χ4n) is 5.21. The van der Waals surface area contributed by atoms with E-state index in [1.807, 2.05) is 31.2 Å². The van der Waals surface area contributed by atoms with E-state index in [9.17, 15) is 19.2 Å². The van der Waals surface area contributed by atoms with Crippen molar-refractivity contribution in [3.8, 4) is 5.75 Å². The maximum atomic E-state index is 13.6. The number of benzene rings is 3. The van der Waals surface area contributed by atoms with Gasteiger partial charge in [0, 0.05) is 5.02 Å². The Labute approximate surface area is 235 Å². The van der Waals surface area contributed by atoms with Gasteiger partial charge in [-0.25, -0.2) is 4.79 Å². The first kappa shape index (κ1) is 27.2. The molecule has 1 aliphatic carbocycles. The molecule has 0 radical (unpaired) electrons. The van der Waals surface area contributed by atoms with Gasteiger partial charge < -0.3 is 15.4 Å². The molecule has 3 aromatic carbocycles. The number of amides is 2. The third-order valence-electron chi connectivity index (χ3n) is 7.20. The molecule has 40 heavy (non-hydrogen) atoms. The van der Waals surface area contributed by atoms with Crippen LogP contribution in [-0.2, 0) is 29.1 Å². The number of rotatable bonds is 7. The number of nitrogens with zero attached hydrogens (tertiary/aromatic N) is 2. The number of aryl methyl sites for hydroxylation is 2. The maximum absolute atomic E-state index is 13.6. The first-order chi connectivity index (χ1) is 19.3. The molecule has 0 aliphatic heterocycles. The number of anilines is 1. The predicted octanol–water partition coefficient (Wildman–Crippen LogP) is 3.97. The Morgan fingerprint density at radius 3 is 2.52 bits per heavy atom. The standard InChI is InChI=1S/C30H29ClN4O5/c1-18-14-26(40-2)24(15-22(18)31)33-27(36)16-34-25-13-6-5-11-21(25)29(38)35(30(34)39)17-28(37)32-23-12-7-9-19-8-3-4-10-20(19)23/h3-6,8,10-11,13-15,23H,7,9,12,16-17H2,1-2H3,(H,32,37)(H,33,36).